The zero-order valence-corrected chi connectivity index (χ0v) is 10.8. The highest BCUT2D eigenvalue weighted by molar-refractivity contribution is 4.65. The Balaban J connectivity index is 4.16. The fourth-order valence-electron chi connectivity index (χ4n) is 1.17. The Hall–Kier alpha value is -0.0800. The van der Waals surface area contributed by atoms with Crippen LogP contribution in [0.4, 0.5) is 0 Å². The van der Waals surface area contributed by atoms with Gasteiger partial charge in [-0.25, -0.2) is 0 Å². The number of hydrogen-bond acceptors (Lipinski definition) is 2. The van der Waals surface area contributed by atoms with Gasteiger partial charge in [-0.1, -0.05) is 13.3 Å². The highest BCUT2D eigenvalue weighted by Crippen LogP contribution is 2.20. The molecule has 0 fully saturated rings. The summed E-state index contributed by atoms with van der Waals surface area (Å²) in [5, 5.41) is 0. The molecule has 0 rings (SSSR count). The highest BCUT2D eigenvalue weighted by atomic mass is 16.7. The summed E-state index contributed by atoms with van der Waals surface area (Å²) in [5.41, 5.74) is -0.268. The maximum atomic E-state index is 5.83. The van der Waals surface area contributed by atoms with Gasteiger partial charge in [0.2, 0.25) is 0 Å². The average Bonchev–Trinajstić information content (AvgIpc) is 1.78. The van der Waals surface area contributed by atoms with Gasteiger partial charge in [0.05, 0.1) is 11.2 Å². The van der Waals surface area contributed by atoms with Gasteiger partial charge in [0.15, 0.2) is 6.29 Å². The lowest BCUT2D eigenvalue weighted by atomic mass is 10.1. The van der Waals surface area contributed by atoms with Gasteiger partial charge in [-0.05, 0) is 48.0 Å². The third-order valence-electron chi connectivity index (χ3n) is 1.49. The zero-order valence-electron chi connectivity index (χ0n) is 10.8. The van der Waals surface area contributed by atoms with Crippen molar-refractivity contribution in [3.8, 4) is 0 Å². The molecule has 0 aromatic rings. The molecule has 0 unspecified atom stereocenters. The molecule has 0 saturated carbocycles. The van der Waals surface area contributed by atoms with E-state index in [1.807, 2.05) is 0 Å². The lowest BCUT2D eigenvalue weighted by Crippen LogP contribution is -2.35. The van der Waals surface area contributed by atoms with E-state index >= 15 is 0 Å². The standard InChI is InChI=1S/C12H26O2/c1-8-9-10(13-11(2,3)4)14-12(5,6)7/h10H,8-9H2,1-7H3. The van der Waals surface area contributed by atoms with Crippen molar-refractivity contribution in [2.45, 2.75) is 78.8 Å². The van der Waals surface area contributed by atoms with Crippen molar-refractivity contribution in [1.82, 2.24) is 0 Å². The Morgan fingerprint density at radius 2 is 1.21 bits per heavy atom. The van der Waals surface area contributed by atoms with E-state index < -0.39 is 0 Å². The number of hydrogen-bond donors (Lipinski definition) is 0. The predicted octanol–water partition coefficient (Wildman–Crippen LogP) is 3.74. The minimum atomic E-state index is -0.134. The molecule has 86 valence electrons. The quantitative estimate of drug-likeness (QED) is 0.646. The topological polar surface area (TPSA) is 18.5 Å². The van der Waals surface area contributed by atoms with Gasteiger partial charge in [0, 0.05) is 0 Å². The lowest BCUT2D eigenvalue weighted by Gasteiger charge is -2.32. The third kappa shape index (κ3) is 8.52. The van der Waals surface area contributed by atoms with Crippen LogP contribution in [0, 0.1) is 0 Å². The molecule has 0 aliphatic carbocycles. The first-order valence-corrected chi connectivity index (χ1v) is 5.50. The van der Waals surface area contributed by atoms with Gasteiger partial charge in [-0.3, -0.25) is 0 Å². The van der Waals surface area contributed by atoms with Gasteiger partial charge in [0.25, 0.3) is 0 Å². The van der Waals surface area contributed by atoms with Crippen LogP contribution in [0.25, 0.3) is 0 Å². The Morgan fingerprint density at radius 3 is 1.43 bits per heavy atom. The maximum Gasteiger partial charge on any atom is 0.158 e. The Labute approximate surface area is 89.0 Å². The van der Waals surface area contributed by atoms with E-state index in [0.717, 1.165) is 12.8 Å². The fourth-order valence-corrected chi connectivity index (χ4v) is 1.17. The molecule has 0 amide bonds. The Morgan fingerprint density at radius 1 is 0.857 bits per heavy atom. The molecule has 0 aliphatic rings. The van der Waals surface area contributed by atoms with Crippen molar-refractivity contribution in [2.75, 3.05) is 0 Å². The Bertz CT molecular complexity index is 135. The summed E-state index contributed by atoms with van der Waals surface area (Å²) in [6.07, 6.45) is 1.95. The van der Waals surface area contributed by atoms with Crippen LogP contribution < -0.4 is 0 Å². The third-order valence-corrected chi connectivity index (χ3v) is 1.49. The summed E-state index contributed by atoms with van der Waals surface area (Å²) < 4.78 is 11.7. The number of rotatable bonds is 4. The number of ether oxygens (including phenoxy) is 2. The highest BCUT2D eigenvalue weighted by Gasteiger charge is 2.23. The van der Waals surface area contributed by atoms with Crippen LogP contribution in [-0.2, 0) is 9.47 Å². The molecule has 0 N–H and O–H groups in total. The SMILES string of the molecule is CCCC(OC(C)(C)C)OC(C)(C)C. The van der Waals surface area contributed by atoms with Crippen LogP contribution in [0.5, 0.6) is 0 Å². The first-order chi connectivity index (χ1) is 6.14. The lowest BCUT2D eigenvalue weighted by molar-refractivity contribution is -0.235. The summed E-state index contributed by atoms with van der Waals surface area (Å²) in [6.45, 7) is 14.5. The molecular weight excluding hydrogens is 176 g/mol. The summed E-state index contributed by atoms with van der Waals surface area (Å²) >= 11 is 0. The van der Waals surface area contributed by atoms with E-state index in [2.05, 4.69) is 48.5 Å². The Kier molecular flexibility index (Phi) is 5.10. The molecule has 0 aromatic carbocycles. The van der Waals surface area contributed by atoms with Gasteiger partial charge >= 0.3 is 0 Å². The second-order valence-electron chi connectivity index (χ2n) is 5.68. The van der Waals surface area contributed by atoms with E-state index in [0.29, 0.717) is 0 Å². The molecule has 0 aliphatic heterocycles. The summed E-state index contributed by atoms with van der Waals surface area (Å²) in [6, 6.07) is 0. The summed E-state index contributed by atoms with van der Waals surface area (Å²) in [4.78, 5) is 0. The van der Waals surface area contributed by atoms with Crippen molar-refractivity contribution in [1.29, 1.82) is 0 Å². The van der Waals surface area contributed by atoms with Crippen LogP contribution in [0.1, 0.15) is 61.3 Å². The van der Waals surface area contributed by atoms with E-state index in [-0.39, 0.29) is 17.5 Å². The molecule has 0 bridgehead atoms. The van der Waals surface area contributed by atoms with Crippen molar-refractivity contribution in [2.24, 2.45) is 0 Å². The van der Waals surface area contributed by atoms with Crippen LogP contribution in [0.3, 0.4) is 0 Å². The van der Waals surface area contributed by atoms with Crippen LogP contribution >= 0.6 is 0 Å². The largest absolute Gasteiger partial charge is 0.347 e. The second-order valence-corrected chi connectivity index (χ2v) is 5.68. The second kappa shape index (κ2) is 5.13. The van der Waals surface area contributed by atoms with Gasteiger partial charge in [-0.15, -0.1) is 0 Å². The van der Waals surface area contributed by atoms with Crippen molar-refractivity contribution < 1.29 is 9.47 Å². The molecule has 0 atom stereocenters. The average molecular weight is 202 g/mol. The van der Waals surface area contributed by atoms with Crippen LogP contribution in [-0.4, -0.2) is 17.5 Å². The minimum Gasteiger partial charge on any atom is -0.347 e. The fraction of sp³-hybridized carbons (Fsp3) is 1.00. The zero-order chi connectivity index (χ0) is 11.4. The van der Waals surface area contributed by atoms with Gasteiger partial charge in [-0.2, -0.15) is 0 Å². The molecule has 0 saturated heterocycles. The van der Waals surface area contributed by atoms with E-state index in [1.165, 1.54) is 0 Å². The summed E-state index contributed by atoms with van der Waals surface area (Å²) in [5.74, 6) is 0. The van der Waals surface area contributed by atoms with E-state index in [9.17, 15) is 0 Å². The van der Waals surface area contributed by atoms with Crippen molar-refractivity contribution in [3.05, 3.63) is 0 Å². The first kappa shape index (κ1) is 13.9. The van der Waals surface area contributed by atoms with E-state index in [4.69, 9.17) is 9.47 Å². The van der Waals surface area contributed by atoms with Gasteiger partial charge in [0.1, 0.15) is 0 Å². The van der Waals surface area contributed by atoms with Crippen LogP contribution in [0.2, 0.25) is 0 Å². The monoisotopic (exact) mass is 202 g/mol. The maximum absolute atomic E-state index is 5.83. The molecule has 0 aromatic heterocycles. The smallest absolute Gasteiger partial charge is 0.158 e. The molecule has 2 heteroatoms. The molecule has 0 spiro atoms. The normalized spacial score (nSPS) is 13.7. The molecule has 0 heterocycles. The van der Waals surface area contributed by atoms with Gasteiger partial charge < -0.3 is 9.47 Å². The van der Waals surface area contributed by atoms with E-state index in [1.54, 1.807) is 0 Å². The van der Waals surface area contributed by atoms with Crippen LogP contribution in [0.15, 0.2) is 0 Å². The molecule has 0 radical (unpaired) electrons. The van der Waals surface area contributed by atoms with Crippen molar-refractivity contribution >= 4 is 0 Å². The summed E-state index contributed by atoms with van der Waals surface area (Å²) in [7, 11) is 0. The van der Waals surface area contributed by atoms with Crippen molar-refractivity contribution in [3.63, 3.8) is 0 Å². The molecule has 2 nitrogen and oxygen atoms in total. The minimum absolute atomic E-state index is 0.0833. The molecular formula is C12H26O2. The first-order valence-electron chi connectivity index (χ1n) is 5.50. The predicted molar refractivity (Wildman–Crippen MR) is 60.4 cm³/mol. The molecule has 14 heavy (non-hydrogen) atoms.